The molecule has 3 aromatic carbocycles. The Morgan fingerprint density at radius 1 is 0.882 bits per heavy atom. The molecular formula is C25H17Cl2N3O3S. The fourth-order valence-electron chi connectivity index (χ4n) is 3.08. The standard InChI is InChI=1S/C25H17Cl2N3O3S/c26-17-10-8-15(20(27)13-17)9-11-23(31)30-25(34)29-19-6-3-5-18(14-19)28-24(32)22-12-16-4-1-2-7-21(16)33-22/h1-14H,(H,28,32)(H2,29,30,31,34)/b11-9+. The molecule has 2 amide bonds. The van der Waals surface area contributed by atoms with E-state index >= 15 is 0 Å². The van der Waals surface area contributed by atoms with Crippen LogP contribution in [0, 0.1) is 0 Å². The molecule has 0 atom stereocenters. The second kappa shape index (κ2) is 10.5. The van der Waals surface area contributed by atoms with Gasteiger partial charge in [-0.05, 0) is 66.3 Å². The van der Waals surface area contributed by atoms with Crippen molar-refractivity contribution in [1.82, 2.24) is 5.32 Å². The molecular weight excluding hydrogens is 493 g/mol. The van der Waals surface area contributed by atoms with Crippen molar-refractivity contribution in [2.75, 3.05) is 10.6 Å². The molecule has 0 unspecified atom stereocenters. The van der Waals surface area contributed by atoms with Crippen LogP contribution in [-0.2, 0) is 4.79 Å². The predicted molar refractivity (Wildman–Crippen MR) is 140 cm³/mol. The van der Waals surface area contributed by atoms with E-state index in [9.17, 15) is 9.59 Å². The van der Waals surface area contributed by atoms with Crippen molar-refractivity contribution in [2.24, 2.45) is 0 Å². The number of halogens is 2. The van der Waals surface area contributed by atoms with Gasteiger partial charge in [-0.15, -0.1) is 0 Å². The van der Waals surface area contributed by atoms with Crippen molar-refractivity contribution in [3.05, 3.63) is 100 Å². The first-order valence-corrected chi connectivity index (χ1v) is 11.2. The SMILES string of the molecule is O=C(/C=C/c1ccc(Cl)cc1Cl)NC(=S)Nc1cccc(NC(=O)c2cc3ccccc3o2)c1. The van der Waals surface area contributed by atoms with E-state index in [0.717, 1.165) is 5.39 Å². The van der Waals surface area contributed by atoms with Crippen LogP contribution in [0.2, 0.25) is 10.0 Å². The molecule has 9 heteroatoms. The predicted octanol–water partition coefficient (Wildman–Crippen LogP) is 6.52. The number of anilines is 2. The summed E-state index contributed by atoms with van der Waals surface area (Å²) in [5.74, 6) is -0.608. The van der Waals surface area contributed by atoms with Crippen molar-refractivity contribution in [1.29, 1.82) is 0 Å². The third-order valence-electron chi connectivity index (χ3n) is 4.64. The van der Waals surface area contributed by atoms with Crippen LogP contribution in [0.4, 0.5) is 11.4 Å². The van der Waals surface area contributed by atoms with Crippen LogP contribution in [-0.4, -0.2) is 16.9 Å². The highest BCUT2D eigenvalue weighted by Crippen LogP contribution is 2.22. The van der Waals surface area contributed by atoms with Crippen LogP contribution in [0.1, 0.15) is 16.1 Å². The van der Waals surface area contributed by atoms with E-state index in [1.54, 1.807) is 60.7 Å². The van der Waals surface area contributed by atoms with Crippen LogP contribution >= 0.6 is 35.4 Å². The number of carbonyl (C=O) groups is 2. The number of benzene rings is 3. The van der Waals surface area contributed by atoms with Gasteiger partial charge in [0, 0.05) is 32.9 Å². The lowest BCUT2D eigenvalue weighted by atomic mass is 10.2. The lowest BCUT2D eigenvalue weighted by Crippen LogP contribution is -2.32. The molecule has 1 aromatic heterocycles. The van der Waals surface area contributed by atoms with E-state index < -0.39 is 5.91 Å². The molecule has 0 fully saturated rings. The van der Waals surface area contributed by atoms with Gasteiger partial charge in [0.15, 0.2) is 10.9 Å². The van der Waals surface area contributed by atoms with Crippen LogP contribution in [0.15, 0.2) is 83.3 Å². The Kier molecular flexibility index (Phi) is 7.27. The Labute approximate surface area is 210 Å². The van der Waals surface area contributed by atoms with Gasteiger partial charge in [0.2, 0.25) is 5.91 Å². The average Bonchev–Trinajstić information content (AvgIpc) is 3.23. The maximum atomic E-state index is 12.6. The van der Waals surface area contributed by atoms with Crippen LogP contribution in [0.25, 0.3) is 17.0 Å². The largest absolute Gasteiger partial charge is 0.451 e. The maximum Gasteiger partial charge on any atom is 0.291 e. The fourth-order valence-corrected chi connectivity index (χ4v) is 3.77. The zero-order chi connectivity index (χ0) is 24.1. The minimum atomic E-state index is -0.433. The zero-order valence-corrected chi connectivity index (χ0v) is 19.8. The number of fused-ring (bicyclic) bond motifs is 1. The normalized spacial score (nSPS) is 10.9. The summed E-state index contributed by atoms with van der Waals surface area (Å²) in [7, 11) is 0. The van der Waals surface area contributed by atoms with Gasteiger partial charge in [0.05, 0.1) is 0 Å². The molecule has 6 nitrogen and oxygen atoms in total. The summed E-state index contributed by atoms with van der Waals surface area (Å²) in [4.78, 5) is 24.7. The quantitative estimate of drug-likeness (QED) is 0.210. The van der Waals surface area contributed by atoms with Gasteiger partial charge < -0.3 is 15.1 Å². The molecule has 4 rings (SSSR count). The van der Waals surface area contributed by atoms with E-state index in [2.05, 4.69) is 16.0 Å². The van der Waals surface area contributed by atoms with E-state index in [-0.39, 0.29) is 16.8 Å². The van der Waals surface area contributed by atoms with Crippen molar-refractivity contribution >= 4 is 80.8 Å². The second-order valence-electron chi connectivity index (χ2n) is 7.13. The number of amides is 2. The maximum absolute atomic E-state index is 12.6. The van der Waals surface area contributed by atoms with Gasteiger partial charge in [0.1, 0.15) is 5.58 Å². The molecule has 0 bridgehead atoms. The summed E-state index contributed by atoms with van der Waals surface area (Å²) in [6.07, 6.45) is 2.87. The van der Waals surface area contributed by atoms with Crippen LogP contribution < -0.4 is 16.0 Å². The molecule has 34 heavy (non-hydrogen) atoms. The molecule has 0 aliphatic heterocycles. The minimum Gasteiger partial charge on any atom is -0.451 e. The highest BCUT2D eigenvalue weighted by molar-refractivity contribution is 7.80. The van der Waals surface area contributed by atoms with Gasteiger partial charge >= 0.3 is 0 Å². The third-order valence-corrected chi connectivity index (χ3v) is 5.41. The van der Waals surface area contributed by atoms with Gasteiger partial charge in [-0.1, -0.05) is 53.5 Å². The van der Waals surface area contributed by atoms with E-state index in [0.29, 0.717) is 32.6 Å². The monoisotopic (exact) mass is 509 g/mol. The smallest absolute Gasteiger partial charge is 0.291 e. The van der Waals surface area contributed by atoms with Crippen molar-refractivity contribution in [3.63, 3.8) is 0 Å². The third kappa shape index (κ3) is 6.02. The molecule has 3 N–H and O–H groups in total. The highest BCUT2D eigenvalue weighted by Gasteiger charge is 2.13. The molecule has 1 heterocycles. The molecule has 0 aliphatic rings. The molecule has 0 spiro atoms. The van der Waals surface area contributed by atoms with Gasteiger partial charge in [-0.2, -0.15) is 0 Å². The van der Waals surface area contributed by atoms with Crippen molar-refractivity contribution in [2.45, 2.75) is 0 Å². The Balaban J connectivity index is 1.35. The number of carbonyl (C=O) groups excluding carboxylic acids is 2. The average molecular weight is 510 g/mol. The number of hydrogen-bond donors (Lipinski definition) is 3. The van der Waals surface area contributed by atoms with Crippen molar-refractivity contribution in [3.8, 4) is 0 Å². The fraction of sp³-hybridized carbons (Fsp3) is 0. The number of hydrogen-bond acceptors (Lipinski definition) is 4. The molecule has 170 valence electrons. The van der Waals surface area contributed by atoms with Crippen molar-refractivity contribution < 1.29 is 14.0 Å². The molecule has 0 radical (unpaired) electrons. The summed E-state index contributed by atoms with van der Waals surface area (Å²) in [6.45, 7) is 0. The first-order valence-electron chi connectivity index (χ1n) is 10.0. The van der Waals surface area contributed by atoms with Crippen LogP contribution in [0.5, 0.6) is 0 Å². The number of nitrogens with one attached hydrogen (secondary N) is 3. The Bertz CT molecular complexity index is 1400. The first-order chi connectivity index (χ1) is 16.4. The van der Waals surface area contributed by atoms with Gasteiger partial charge in [-0.3, -0.25) is 14.9 Å². The van der Waals surface area contributed by atoms with E-state index in [1.807, 2.05) is 18.2 Å². The Morgan fingerprint density at radius 3 is 2.41 bits per heavy atom. The summed E-state index contributed by atoms with van der Waals surface area (Å²) in [6, 6.07) is 20.9. The Morgan fingerprint density at radius 2 is 1.65 bits per heavy atom. The van der Waals surface area contributed by atoms with Crippen LogP contribution in [0.3, 0.4) is 0 Å². The van der Waals surface area contributed by atoms with Gasteiger partial charge in [-0.25, -0.2) is 0 Å². The molecule has 0 saturated heterocycles. The lowest BCUT2D eigenvalue weighted by Gasteiger charge is -2.10. The second-order valence-corrected chi connectivity index (χ2v) is 8.38. The molecule has 0 aliphatic carbocycles. The first kappa shape index (κ1) is 23.5. The molecule has 4 aromatic rings. The van der Waals surface area contributed by atoms with Gasteiger partial charge in [0.25, 0.3) is 5.91 Å². The number of rotatable bonds is 5. The lowest BCUT2D eigenvalue weighted by molar-refractivity contribution is -0.115. The Hall–Kier alpha value is -3.65. The summed E-state index contributed by atoms with van der Waals surface area (Å²) < 4.78 is 5.59. The number of furan rings is 1. The summed E-state index contributed by atoms with van der Waals surface area (Å²) in [5, 5.41) is 10.1. The summed E-state index contributed by atoms with van der Waals surface area (Å²) in [5.41, 5.74) is 2.39. The molecule has 0 saturated carbocycles. The highest BCUT2D eigenvalue weighted by atomic mass is 35.5. The van der Waals surface area contributed by atoms with E-state index in [4.69, 9.17) is 39.8 Å². The summed E-state index contributed by atoms with van der Waals surface area (Å²) >= 11 is 17.2. The number of para-hydroxylation sites is 1. The topological polar surface area (TPSA) is 83.4 Å². The van der Waals surface area contributed by atoms with E-state index in [1.165, 1.54) is 6.08 Å². The number of thiocarbonyl (C=S) groups is 1. The zero-order valence-electron chi connectivity index (χ0n) is 17.5. The minimum absolute atomic E-state index is 0.0950.